The Morgan fingerprint density at radius 2 is 1.82 bits per heavy atom. The van der Waals surface area contributed by atoms with Crippen molar-refractivity contribution in [1.82, 2.24) is 14.8 Å². The van der Waals surface area contributed by atoms with Gasteiger partial charge in [0, 0.05) is 41.2 Å². The van der Waals surface area contributed by atoms with Crippen LogP contribution < -0.4 is 0 Å². The van der Waals surface area contributed by atoms with E-state index in [9.17, 15) is 19.7 Å². The molecule has 1 saturated carbocycles. The van der Waals surface area contributed by atoms with Gasteiger partial charge in [-0.3, -0.25) is 19.7 Å². The molecule has 6 rings (SSSR count). The summed E-state index contributed by atoms with van der Waals surface area (Å²) in [5.74, 6) is -0.111. The Morgan fingerprint density at radius 1 is 1.03 bits per heavy atom. The first kappa shape index (κ1) is 20.0. The second-order valence-corrected chi connectivity index (χ2v) is 9.24. The molecule has 8 nitrogen and oxygen atoms in total. The summed E-state index contributed by atoms with van der Waals surface area (Å²) < 4.78 is 0. The van der Waals surface area contributed by atoms with Crippen LogP contribution in [-0.2, 0) is 16.0 Å². The van der Waals surface area contributed by atoms with E-state index in [0.717, 1.165) is 47.8 Å². The molecule has 2 aliphatic heterocycles. The van der Waals surface area contributed by atoms with E-state index < -0.39 is 17.0 Å². The number of carbonyl (C=O) groups is 2. The van der Waals surface area contributed by atoms with Crippen molar-refractivity contribution in [2.24, 2.45) is 0 Å². The smallest absolute Gasteiger partial charge is 0.269 e. The minimum absolute atomic E-state index is 0.00661. The lowest BCUT2D eigenvalue weighted by atomic mass is 9.85. The van der Waals surface area contributed by atoms with Crippen molar-refractivity contribution >= 4 is 28.4 Å². The van der Waals surface area contributed by atoms with Gasteiger partial charge in [-0.1, -0.05) is 43.2 Å². The molecule has 33 heavy (non-hydrogen) atoms. The van der Waals surface area contributed by atoms with E-state index in [1.54, 1.807) is 21.9 Å². The number of non-ortho nitro benzene ring substituents is 1. The van der Waals surface area contributed by atoms with Crippen LogP contribution in [0.4, 0.5) is 5.69 Å². The second-order valence-electron chi connectivity index (χ2n) is 9.24. The minimum Gasteiger partial charge on any atom is -0.356 e. The predicted molar refractivity (Wildman–Crippen MR) is 122 cm³/mol. The molecule has 2 amide bonds. The maximum Gasteiger partial charge on any atom is 0.269 e. The van der Waals surface area contributed by atoms with Gasteiger partial charge < -0.3 is 14.8 Å². The summed E-state index contributed by atoms with van der Waals surface area (Å²) in [6.45, 7) is 0.0704. The first-order valence-electron chi connectivity index (χ1n) is 11.5. The van der Waals surface area contributed by atoms with E-state index in [-0.39, 0.29) is 30.1 Å². The van der Waals surface area contributed by atoms with Crippen LogP contribution in [0.5, 0.6) is 0 Å². The Labute approximate surface area is 190 Å². The van der Waals surface area contributed by atoms with Crippen LogP contribution in [-0.4, -0.2) is 50.1 Å². The summed E-state index contributed by atoms with van der Waals surface area (Å²) in [5.41, 5.74) is 3.39. The fourth-order valence-electron chi connectivity index (χ4n) is 5.97. The lowest BCUT2D eigenvalue weighted by molar-refractivity contribution is -0.384. The van der Waals surface area contributed by atoms with Crippen molar-refractivity contribution in [3.63, 3.8) is 0 Å². The van der Waals surface area contributed by atoms with Gasteiger partial charge in [0.2, 0.25) is 11.8 Å². The van der Waals surface area contributed by atoms with E-state index in [2.05, 4.69) is 4.98 Å². The summed E-state index contributed by atoms with van der Waals surface area (Å²) in [5, 5.41) is 12.5. The quantitative estimate of drug-likeness (QED) is 0.492. The van der Waals surface area contributed by atoms with E-state index in [1.807, 2.05) is 24.3 Å². The number of hydrogen-bond acceptors (Lipinski definition) is 4. The third kappa shape index (κ3) is 3.04. The van der Waals surface area contributed by atoms with Crippen molar-refractivity contribution in [3.05, 3.63) is 75.5 Å². The summed E-state index contributed by atoms with van der Waals surface area (Å²) in [6, 6.07) is 13.3. The molecule has 2 atom stereocenters. The molecule has 0 bridgehead atoms. The lowest BCUT2D eigenvalue weighted by Gasteiger charge is -2.48. The zero-order chi connectivity index (χ0) is 22.7. The molecule has 3 heterocycles. The number of nitrogens with zero attached hydrogens (tertiary/aromatic N) is 3. The molecule has 3 aliphatic rings. The van der Waals surface area contributed by atoms with Crippen LogP contribution >= 0.6 is 0 Å². The second kappa shape index (κ2) is 7.43. The molecule has 1 aromatic heterocycles. The average molecular weight is 444 g/mol. The molecule has 1 saturated heterocycles. The monoisotopic (exact) mass is 444 g/mol. The fraction of sp³-hybridized carbons (Fsp3) is 0.360. The van der Waals surface area contributed by atoms with Crippen LogP contribution in [0.3, 0.4) is 0 Å². The molecule has 0 radical (unpaired) electrons. The standard InChI is InChI=1S/C25H24N4O4/c30-22-14-27(16-7-1-2-8-16)25(31)21-13-19-18-10-3-4-11-20(18)26-23(19)24(28(21)22)15-6-5-9-17(12-15)29(32)33/h3-6,9-12,16,21,24,26H,1-2,7-8,13-14H2/t21-,24-/m1/s1. The number of nitrogens with one attached hydrogen (secondary N) is 1. The first-order chi connectivity index (χ1) is 16.0. The number of hydrogen-bond donors (Lipinski definition) is 1. The Bertz CT molecular complexity index is 1290. The molecule has 1 aliphatic carbocycles. The Balaban J connectivity index is 1.52. The molecule has 0 spiro atoms. The normalized spacial score (nSPS) is 23.2. The highest BCUT2D eigenvalue weighted by atomic mass is 16.6. The number of rotatable bonds is 3. The van der Waals surface area contributed by atoms with Gasteiger partial charge in [0.05, 0.1) is 11.0 Å². The van der Waals surface area contributed by atoms with Gasteiger partial charge in [-0.05, 0) is 30.0 Å². The van der Waals surface area contributed by atoms with Gasteiger partial charge in [-0.15, -0.1) is 0 Å². The number of carbonyl (C=O) groups excluding carboxylic acids is 2. The highest BCUT2D eigenvalue weighted by molar-refractivity contribution is 5.97. The van der Waals surface area contributed by atoms with Crippen LogP contribution in [0.1, 0.15) is 48.5 Å². The number of amides is 2. The zero-order valence-corrected chi connectivity index (χ0v) is 18.1. The Hall–Kier alpha value is -3.68. The van der Waals surface area contributed by atoms with Crippen LogP contribution in [0.15, 0.2) is 48.5 Å². The van der Waals surface area contributed by atoms with E-state index in [1.165, 1.54) is 12.1 Å². The van der Waals surface area contributed by atoms with E-state index in [0.29, 0.717) is 12.0 Å². The summed E-state index contributed by atoms with van der Waals surface area (Å²) in [4.78, 5) is 45.2. The van der Waals surface area contributed by atoms with Gasteiger partial charge in [0.25, 0.3) is 5.69 Å². The summed E-state index contributed by atoms with van der Waals surface area (Å²) in [7, 11) is 0. The number of piperazine rings is 1. The van der Waals surface area contributed by atoms with E-state index >= 15 is 0 Å². The SMILES string of the molecule is O=C1[C@H]2Cc3c([nH]c4ccccc34)[C@@H](c3cccc([N+](=O)[O-])c3)N2C(=O)CN1C1CCCC1. The molecule has 168 valence electrons. The van der Waals surface area contributed by atoms with E-state index in [4.69, 9.17) is 0 Å². The largest absolute Gasteiger partial charge is 0.356 e. The molecule has 0 unspecified atom stereocenters. The summed E-state index contributed by atoms with van der Waals surface area (Å²) >= 11 is 0. The van der Waals surface area contributed by atoms with Gasteiger partial charge >= 0.3 is 0 Å². The van der Waals surface area contributed by atoms with Crippen molar-refractivity contribution in [3.8, 4) is 0 Å². The molecule has 1 N–H and O–H groups in total. The average Bonchev–Trinajstić information content (AvgIpc) is 3.48. The van der Waals surface area contributed by atoms with Gasteiger partial charge in [0.15, 0.2) is 0 Å². The highest BCUT2D eigenvalue weighted by Gasteiger charge is 2.49. The highest BCUT2D eigenvalue weighted by Crippen LogP contribution is 2.43. The van der Waals surface area contributed by atoms with Crippen LogP contribution in [0.25, 0.3) is 10.9 Å². The van der Waals surface area contributed by atoms with Crippen molar-refractivity contribution in [2.75, 3.05) is 6.54 Å². The maximum absolute atomic E-state index is 13.7. The number of fused-ring (bicyclic) bond motifs is 4. The van der Waals surface area contributed by atoms with Crippen molar-refractivity contribution in [2.45, 2.75) is 50.2 Å². The van der Waals surface area contributed by atoms with Crippen molar-refractivity contribution in [1.29, 1.82) is 0 Å². The van der Waals surface area contributed by atoms with Gasteiger partial charge in [-0.25, -0.2) is 0 Å². The molecule has 8 heteroatoms. The third-order valence-electron chi connectivity index (χ3n) is 7.46. The number of aromatic nitrogens is 1. The molecular formula is C25H24N4O4. The number of aromatic amines is 1. The molecule has 2 aromatic carbocycles. The number of para-hydroxylation sites is 1. The number of benzene rings is 2. The molecular weight excluding hydrogens is 420 g/mol. The third-order valence-corrected chi connectivity index (χ3v) is 7.46. The minimum atomic E-state index is -0.609. The number of nitro groups is 1. The Kier molecular flexibility index (Phi) is 4.50. The fourth-order valence-corrected chi connectivity index (χ4v) is 5.97. The van der Waals surface area contributed by atoms with Crippen molar-refractivity contribution < 1.29 is 14.5 Å². The first-order valence-corrected chi connectivity index (χ1v) is 11.5. The molecule has 3 aromatic rings. The summed E-state index contributed by atoms with van der Waals surface area (Å²) in [6.07, 6.45) is 4.50. The predicted octanol–water partition coefficient (Wildman–Crippen LogP) is 3.70. The zero-order valence-electron chi connectivity index (χ0n) is 18.1. The van der Waals surface area contributed by atoms with Gasteiger partial charge in [-0.2, -0.15) is 0 Å². The van der Waals surface area contributed by atoms with Crippen LogP contribution in [0.2, 0.25) is 0 Å². The topological polar surface area (TPSA) is 99.5 Å². The van der Waals surface area contributed by atoms with Crippen LogP contribution in [0, 0.1) is 10.1 Å². The number of nitro benzene ring substituents is 1. The van der Waals surface area contributed by atoms with Gasteiger partial charge in [0.1, 0.15) is 12.6 Å². The maximum atomic E-state index is 13.7. The number of H-pyrrole nitrogens is 1. The lowest BCUT2D eigenvalue weighted by Crippen LogP contribution is -2.64. The molecule has 2 fully saturated rings. The Morgan fingerprint density at radius 3 is 2.61 bits per heavy atom.